The predicted molar refractivity (Wildman–Crippen MR) is 71.9 cm³/mol. The first-order valence-electron chi connectivity index (χ1n) is 6.32. The standard InChI is InChI=1S/C15H19NO2/c1-9(2)11-5-6-12-8-14(17)15(18)16(10(3)4)13(12)7-11/h5-10,17H,1-4H3/p+1. The van der Waals surface area contributed by atoms with E-state index < -0.39 is 0 Å². The van der Waals surface area contributed by atoms with Crippen molar-refractivity contribution >= 4 is 10.9 Å². The zero-order valence-electron chi connectivity index (χ0n) is 11.3. The van der Waals surface area contributed by atoms with Crippen LogP contribution in [-0.2, 0) is 0 Å². The van der Waals surface area contributed by atoms with Crippen LogP contribution >= 0.6 is 0 Å². The second-order valence-corrected chi connectivity index (χ2v) is 5.29. The van der Waals surface area contributed by atoms with Crippen LogP contribution in [0.25, 0.3) is 10.9 Å². The molecule has 0 fully saturated rings. The molecule has 0 aliphatic heterocycles. The summed E-state index contributed by atoms with van der Waals surface area (Å²) in [6.07, 6.45) is 0. The van der Waals surface area contributed by atoms with Crippen molar-refractivity contribution in [2.24, 2.45) is 0 Å². The third-order valence-electron chi connectivity index (χ3n) is 3.25. The second kappa shape index (κ2) is 4.48. The molecule has 1 aromatic carbocycles. The molecule has 0 unspecified atom stereocenters. The van der Waals surface area contributed by atoms with Gasteiger partial charge in [-0.1, -0.05) is 19.9 Å². The summed E-state index contributed by atoms with van der Waals surface area (Å²) in [6.45, 7) is 8.25. The Balaban J connectivity index is 2.82. The van der Waals surface area contributed by atoms with E-state index >= 15 is 0 Å². The zero-order chi connectivity index (χ0) is 13.4. The Labute approximate surface area is 107 Å². The molecule has 0 saturated carbocycles. The molecule has 0 bridgehead atoms. The Morgan fingerprint density at radius 3 is 2.22 bits per heavy atom. The largest absolute Gasteiger partial charge is 0.500 e. The maximum absolute atomic E-state index is 10.0. The highest BCUT2D eigenvalue weighted by Gasteiger charge is 2.23. The van der Waals surface area contributed by atoms with E-state index in [2.05, 4.69) is 26.0 Å². The van der Waals surface area contributed by atoms with Crippen molar-refractivity contribution in [1.82, 2.24) is 0 Å². The van der Waals surface area contributed by atoms with E-state index in [9.17, 15) is 10.2 Å². The Hall–Kier alpha value is -1.77. The van der Waals surface area contributed by atoms with Crippen LogP contribution in [0.2, 0.25) is 0 Å². The van der Waals surface area contributed by atoms with Gasteiger partial charge in [-0.05, 0) is 31.4 Å². The highest BCUT2D eigenvalue weighted by atomic mass is 16.3. The minimum Gasteiger partial charge on any atom is -0.500 e. The number of aromatic hydroxyl groups is 2. The second-order valence-electron chi connectivity index (χ2n) is 5.29. The number of rotatable bonds is 2. The summed E-state index contributed by atoms with van der Waals surface area (Å²) in [4.78, 5) is 0. The van der Waals surface area contributed by atoms with E-state index in [1.165, 1.54) is 5.56 Å². The van der Waals surface area contributed by atoms with Crippen LogP contribution < -0.4 is 4.57 Å². The number of fused-ring (bicyclic) bond motifs is 1. The molecule has 2 aromatic rings. The van der Waals surface area contributed by atoms with Crippen molar-refractivity contribution in [2.75, 3.05) is 0 Å². The summed E-state index contributed by atoms with van der Waals surface area (Å²) in [5.41, 5.74) is 2.17. The number of hydrogen-bond donors (Lipinski definition) is 2. The molecule has 0 radical (unpaired) electrons. The Bertz CT molecular complexity index is 589. The van der Waals surface area contributed by atoms with E-state index in [0.29, 0.717) is 5.92 Å². The SMILES string of the molecule is CC(C)c1ccc2cc(O)c(O)[n+](C(C)C)c2c1. The first kappa shape index (κ1) is 12.7. The van der Waals surface area contributed by atoms with Gasteiger partial charge in [0.05, 0.1) is 5.39 Å². The monoisotopic (exact) mass is 246 g/mol. The van der Waals surface area contributed by atoms with Gasteiger partial charge < -0.3 is 10.2 Å². The summed E-state index contributed by atoms with van der Waals surface area (Å²) in [7, 11) is 0. The van der Waals surface area contributed by atoms with Crippen LogP contribution in [0.4, 0.5) is 0 Å². The fraction of sp³-hybridized carbons (Fsp3) is 0.400. The number of pyridine rings is 1. The fourth-order valence-corrected chi connectivity index (χ4v) is 2.22. The van der Waals surface area contributed by atoms with Crippen LogP contribution in [0.3, 0.4) is 0 Å². The molecule has 3 heteroatoms. The number of aromatic nitrogens is 1. The molecule has 1 heterocycles. The predicted octanol–water partition coefficient (Wildman–Crippen LogP) is 3.24. The Morgan fingerprint density at radius 2 is 1.67 bits per heavy atom. The van der Waals surface area contributed by atoms with E-state index in [0.717, 1.165) is 10.9 Å². The molecule has 96 valence electrons. The minimum absolute atomic E-state index is 0.0709. The van der Waals surface area contributed by atoms with Crippen molar-refractivity contribution in [3.05, 3.63) is 29.8 Å². The normalized spacial score (nSPS) is 11.7. The van der Waals surface area contributed by atoms with Gasteiger partial charge in [0.2, 0.25) is 11.3 Å². The molecule has 0 saturated heterocycles. The first-order chi connectivity index (χ1) is 8.41. The molecule has 18 heavy (non-hydrogen) atoms. The van der Waals surface area contributed by atoms with Gasteiger partial charge in [0.25, 0.3) is 0 Å². The van der Waals surface area contributed by atoms with Crippen LogP contribution in [0.1, 0.15) is 45.2 Å². The lowest BCUT2D eigenvalue weighted by Gasteiger charge is -2.10. The maximum atomic E-state index is 10.0. The fourth-order valence-electron chi connectivity index (χ4n) is 2.22. The Kier molecular flexibility index (Phi) is 3.16. The zero-order valence-corrected chi connectivity index (χ0v) is 11.3. The van der Waals surface area contributed by atoms with Crippen molar-refractivity contribution in [3.8, 4) is 11.6 Å². The summed E-state index contributed by atoms with van der Waals surface area (Å²) in [6, 6.07) is 7.82. The molecule has 0 spiro atoms. The molecule has 0 atom stereocenters. The topological polar surface area (TPSA) is 44.3 Å². The molecule has 0 amide bonds. The molecule has 0 aliphatic rings. The van der Waals surface area contributed by atoms with Gasteiger partial charge in [-0.2, -0.15) is 4.57 Å². The molecule has 1 aromatic heterocycles. The van der Waals surface area contributed by atoms with Crippen LogP contribution in [0, 0.1) is 0 Å². The van der Waals surface area contributed by atoms with E-state index in [1.807, 2.05) is 19.9 Å². The van der Waals surface area contributed by atoms with Gasteiger partial charge >= 0.3 is 5.88 Å². The van der Waals surface area contributed by atoms with Gasteiger partial charge in [0.1, 0.15) is 0 Å². The average Bonchev–Trinajstić information content (AvgIpc) is 2.29. The van der Waals surface area contributed by atoms with Crippen molar-refractivity contribution in [2.45, 2.75) is 39.7 Å². The molecule has 2 N–H and O–H groups in total. The molecular formula is C15H20NO2+. The van der Waals surface area contributed by atoms with Gasteiger partial charge in [-0.3, -0.25) is 0 Å². The van der Waals surface area contributed by atoms with Gasteiger partial charge in [0, 0.05) is 12.1 Å². The third kappa shape index (κ3) is 2.01. The van der Waals surface area contributed by atoms with E-state index in [1.54, 1.807) is 10.6 Å². The summed E-state index contributed by atoms with van der Waals surface area (Å²) in [5.74, 6) is 0.290. The highest BCUT2D eigenvalue weighted by Crippen LogP contribution is 2.28. The smallest absolute Gasteiger partial charge is 0.409 e. The lowest BCUT2D eigenvalue weighted by molar-refractivity contribution is -0.697. The molecular weight excluding hydrogens is 226 g/mol. The van der Waals surface area contributed by atoms with E-state index in [-0.39, 0.29) is 17.7 Å². The summed E-state index contributed by atoms with van der Waals surface area (Å²) >= 11 is 0. The average molecular weight is 246 g/mol. The lowest BCUT2D eigenvalue weighted by atomic mass is 10.0. The minimum atomic E-state index is -0.0755. The van der Waals surface area contributed by atoms with Crippen LogP contribution in [0.5, 0.6) is 11.6 Å². The van der Waals surface area contributed by atoms with Crippen molar-refractivity contribution in [3.63, 3.8) is 0 Å². The lowest BCUT2D eigenvalue weighted by Crippen LogP contribution is -2.37. The van der Waals surface area contributed by atoms with Gasteiger partial charge in [0.15, 0.2) is 6.04 Å². The third-order valence-corrected chi connectivity index (χ3v) is 3.25. The molecule has 0 aliphatic carbocycles. The van der Waals surface area contributed by atoms with Gasteiger partial charge in [-0.15, -0.1) is 0 Å². The van der Waals surface area contributed by atoms with Crippen molar-refractivity contribution in [1.29, 1.82) is 0 Å². The Morgan fingerprint density at radius 1 is 1.00 bits per heavy atom. The van der Waals surface area contributed by atoms with E-state index in [4.69, 9.17) is 0 Å². The number of nitrogens with zero attached hydrogens (tertiary/aromatic N) is 1. The first-order valence-corrected chi connectivity index (χ1v) is 6.32. The summed E-state index contributed by atoms with van der Waals surface area (Å²) in [5, 5.41) is 20.7. The van der Waals surface area contributed by atoms with Crippen LogP contribution in [-0.4, -0.2) is 10.2 Å². The van der Waals surface area contributed by atoms with Crippen molar-refractivity contribution < 1.29 is 14.8 Å². The molecule has 2 rings (SSSR count). The number of hydrogen-bond acceptors (Lipinski definition) is 2. The summed E-state index contributed by atoms with van der Waals surface area (Å²) < 4.78 is 1.76. The molecule has 3 nitrogen and oxygen atoms in total. The quantitative estimate of drug-likeness (QED) is 0.799. The maximum Gasteiger partial charge on any atom is 0.409 e. The van der Waals surface area contributed by atoms with Crippen LogP contribution in [0.15, 0.2) is 24.3 Å². The number of benzene rings is 1. The van der Waals surface area contributed by atoms with Gasteiger partial charge in [-0.25, -0.2) is 0 Å². The highest BCUT2D eigenvalue weighted by molar-refractivity contribution is 5.78.